The molecule has 2 rings (SSSR count). The number of benzene rings is 2. The summed E-state index contributed by atoms with van der Waals surface area (Å²) in [6.45, 7) is 9.64. The van der Waals surface area contributed by atoms with E-state index in [-0.39, 0.29) is 0 Å². The van der Waals surface area contributed by atoms with Crippen LogP contribution in [0.3, 0.4) is 0 Å². The van der Waals surface area contributed by atoms with Crippen molar-refractivity contribution in [2.24, 2.45) is 0 Å². The molecule has 0 aromatic heterocycles. The number of aryl methyl sites for hydroxylation is 3. The third kappa shape index (κ3) is 2.98. The number of hydrogen-bond donors (Lipinski definition) is 1. The number of nitrogens with one attached hydrogen (secondary N) is 1. The lowest BCUT2D eigenvalue weighted by atomic mass is 10.0. The van der Waals surface area contributed by atoms with Crippen LogP contribution in [0, 0.1) is 20.8 Å². The molecule has 0 heterocycles. The van der Waals surface area contributed by atoms with Gasteiger partial charge >= 0.3 is 0 Å². The van der Waals surface area contributed by atoms with E-state index >= 15 is 0 Å². The first-order valence-corrected chi connectivity index (χ1v) is 7.01. The van der Waals surface area contributed by atoms with E-state index in [1.54, 1.807) is 0 Å². The summed E-state index contributed by atoms with van der Waals surface area (Å²) < 4.78 is 0. The summed E-state index contributed by atoms with van der Waals surface area (Å²) in [7, 11) is 0. The Bertz CT molecular complexity index is 570. The third-order valence-electron chi connectivity index (χ3n) is 3.91. The summed E-state index contributed by atoms with van der Waals surface area (Å²) in [6.07, 6.45) is 1.07. The smallest absolute Gasteiger partial charge is 0.0404 e. The zero-order chi connectivity index (χ0) is 13.8. The molecule has 0 saturated carbocycles. The molecule has 100 valence electrons. The Labute approximate surface area is 116 Å². The van der Waals surface area contributed by atoms with E-state index in [2.05, 4.69) is 69.4 Å². The Hall–Kier alpha value is -1.76. The molecule has 0 unspecified atom stereocenters. The van der Waals surface area contributed by atoms with Crippen LogP contribution in [0.2, 0.25) is 0 Å². The molecule has 0 aliphatic heterocycles. The van der Waals surface area contributed by atoms with Crippen molar-refractivity contribution in [1.29, 1.82) is 0 Å². The molecular formula is C18H23N. The average Bonchev–Trinajstić information content (AvgIpc) is 2.41. The average molecular weight is 253 g/mol. The molecule has 2 aromatic carbocycles. The summed E-state index contributed by atoms with van der Waals surface area (Å²) in [5, 5.41) is 3.62. The van der Waals surface area contributed by atoms with Gasteiger partial charge in [0.25, 0.3) is 0 Å². The van der Waals surface area contributed by atoms with Crippen LogP contribution in [-0.2, 0) is 13.0 Å². The molecule has 1 N–H and O–H groups in total. The highest BCUT2D eigenvalue weighted by Gasteiger charge is 2.05. The van der Waals surface area contributed by atoms with Crippen LogP contribution in [0.15, 0.2) is 36.4 Å². The molecule has 0 spiro atoms. The first-order chi connectivity index (χ1) is 9.13. The molecule has 2 aromatic rings. The maximum Gasteiger partial charge on any atom is 0.0404 e. The van der Waals surface area contributed by atoms with E-state index in [1.807, 2.05) is 0 Å². The number of rotatable bonds is 4. The van der Waals surface area contributed by atoms with E-state index in [9.17, 15) is 0 Å². The Balaban J connectivity index is 2.21. The lowest BCUT2D eigenvalue weighted by Gasteiger charge is -2.15. The summed E-state index contributed by atoms with van der Waals surface area (Å²) in [4.78, 5) is 0. The van der Waals surface area contributed by atoms with Gasteiger partial charge in [-0.2, -0.15) is 0 Å². The SMILES string of the molecule is CCc1cccc(C)c1NCc1cccc(C)c1C. The molecular weight excluding hydrogens is 230 g/mol. The summed E-state index contributed by atoms with van der Waals surface area (Å²) >= 11 is 0. The van der Waals surface area contributed by atoms with E-state index in [0.717, 1.165) is 13.0 Å². The number of para-hydroxylation sites is 1. The standard InChI is InChI=1S/C18H23N/c1-5-16-10-7-9-14(3)18(16)19-12-17-11-6-8-13(2)15(17)4/h6-11,19H,5,12H2,1-4H3. The van der Waals surface area contributed by atoms with Crippen LogP contribution in [0.25, 0.3) is 0 Å². The maximum atomic E-state index is 3.62. The van der Waals surface area contributed by atoms with E-state index in [1.165, 1.54) is 33.5 Å². The number of anilines is 1. The highest BCUT2D eigenvalue weighted by Crippen LogP contribution is 2.22. The van der Waals surface area contributed by atoms with Gasteiger partial charge in [-0.15, -0.1) is 0 Å². The molecule has 0 atom stereocenters. The van der Waals surface area contributed by atoms with E-state index < -0.39 is 0 Å². The van der Waals surface area contributed by atoms with Gasteiger partial charge in [-0.1, -0.05) is 43.3 Å². The molecule has 1 heteroatoms. The minimum absolute atomic E-state index is 0.894. The maximum absolute atomic E-state index is 3.62. The second-order valence-electron chi connectivity index (χ2n) is 5.18. The monoisotopic (exact) mass is 253 g/mol. The molecule has 0 radical (unpaired) electrons. The predicted molar refractivity (Wildman–Crippen MR) is 83.8 cm³/mol. The van der Waals surface area contributed by atoms with Crippen molar-refractivity contribution < 1.29 is 0 Å². The normalized spacial score (nSPS) is 10.5. The molecule has 19 heavy (non-hydrogen) atoms. The van der Waals surface area contributed by atoms with Gasteiger partial charge in [0, 0.05) is 12.2 Å². The minimum Gasteiger partial charge on any atom is -0.381 e. The van der Waals surface area contributed by atoms with Crippen molar-refractivity contribution in [3.63, 3.8) is 0 Å². The van der Waals surface area contributed by atoms with E-state index in [0.29, 0.717) is 0 Å². The fraction of sp³-hybridized carbons (Fsp3) is 0.333. The first-order valence-electron chi connectivity index (χ1n) is 7.01. The summed E-state index contributed by atoms with van der Waals surface area (Å²) in [5.41, 5.74) is 8.15. The molecule has 0 saturated heterocycles. The molecule has 0 amide bonds. The van der Waals surface area contributed by atoms with Gasteiger partial charge in [0.05, 0.1) is 0 Å². The number of hydrogen-bond acceptors (Lipinski definition) is 1. The van der Waals surface area contributed by atoms with Crippen LogP contribution in [-0.4, -0.2) is 0 Å². The second kappa shape index (κ2) is 5.92. The quantitative estimate of drug-likeness (QED) is 0.826. The zero-order valence-electron chi connectivity index (χ0n) is 12.4. The molecule has 0 fully saturated rings. The van der Waals surface area contributed by atoms with Crippen LogP contribution >= 0.6 is 0 Å². The molecule has 0 bridgehead atoms. The highest BCUT2D eigenvalue weighted by atomic mass is 14.9. The summed E-state index contributed by atoms with van der Waals surface area (Å²) in [6, 6.07) is 13.0. The molecule has 0 aliphatic rings. The lowest BCUT2D eigenvalue weighted by molar-refractivity contribution is 1.06. The van der Waals surface area contributed by atoms with Gasteiger partial charge in [-0.3, -0.25) is 0 Å². The Morgan fingerprint density at radius 2 is 1.47 bits per heavy atom. The van der Waals surface area contributed by atoms with Gasteiger partial charge in [-0.25, -0.2) is 0 Å². The van der Waals surface area contributed by atoms with Crippen molar-refractivity contribution in [2.45, 2.75) is 40.7 Å². The van der Waals surface area contributed by atoms with Gasteiger partial charge < -0.3 is 5.32 Å². The predicted octanol–water partition coefficient (Wildman–Crippen LogP) is 4.79. The summed E-state index contributed by atoms with van der Waals surface area (Å²) in [5.74, 6) is 0. The van der Waals surface area contributed by atoms with Crippen LogP contribution in [0.4, 0.5) is 5.69 Å². The highest BCUT2D eigenvalue weighted by molar-refractivity contribution is 5.57. The van der Waals surface area contributed by atoms with E-state index in [4.69, 9.17) is 0 Å². The van der Waals surface area contributed by atoms with Crippen molar-refractivity contribution in [1.82, 2.24) is 0 Å². The Kier molecular flexibility index (Phi) is 4.26. The van der Waals surface area contributed by atoms with Crippen LogP contribution in [0.5, 0.6) is 0 Å². The molecule has 0 aliphatic carbocycles. The lowest BCUT2D eigenvalue weighted by Crippen LogP contribution is -2.05. The fourth-order valence-electron chi connectivity index (χ4n) is 2.46. The van der Waals surface area contributed by atoms with Crippen LogP contribution < -0.4 is 5.32 Å². The van der Waals surface area contributed by atoms with Gasteiger partial charge in [0.2, 0.25) is 0 Å². The first kappa shape index (κ1) is 13.7. The van der Waals surface area contributed by atoms with Crippen molar-refractivity contribution in [3.8, 4) is 0 Å². The third-order valence-corrected chi connectivity index (χ3v) is 3.91. The zero-order valence-corrected chi connectivity index (χ0v) is 12.4. The largest absolute Gasteiger partial charge is 0.381 e. The second-order valence-corrected chi connectivity index (χ2v) is 5.18. The topological polar surface area (TPSA) is 12.0 Å². The fourth-order valence-corrected chi connectivity index (χ4v) is 2.46. The van der Waals surface area contributed by atoms with Crippen molar-refractivity contribution in [2.75, 3.05) is 5.32 Å². The van der Waals surface area contributed by atoms with Crippen molar-refractivity contribution >= 4 is 5.69 Å². The minimum atomic E-state index is 0.894. The van der Waals surface area contributed by atoms with Gasteiger partial charge in [-0.05, 0) is 55.0 Å². The Morgan fingerprint density at radius 1 is 0.842 bits per heavy atom. The van der Waals surface area contributed by atoms with Gasteiger partial charge in [0.15, 0.2) is 0 Å². The molecule has 1 nitrogen and oxygen atoms in total. The van der Waals surface area contributed by atoms with Gasteiger partial charge in [0.1, 0.15) is 0 Å². The van der Waals surface area contributed by atoms with Crippen LogP contribution in [0.1, 0.15) is 34.7 Å². The Morgan fingerprint density at radius 3 is 2.16 bits per heavy atom. The van der Waals surface area contributed by atoms with Crippen molar-refractivity contribution in [3.05, 3.63) is 64.2 Å².